The Bertz CT molecular complexity index is 756. The topological polar surface area (TPSA) is 44.8 Å². The summed E-state index contributed by atoms with van der Waals surface area (Å²) in [7, 11) is 1.57. The van der Waals surface area contributed by atoms with Gasteiger partial charge in [-0.3, -0.25) is 4.79 Å². The van der Waals surface area contributed by atoms with Crippen molar-refractivity contribution >= 4 is 17.6 Å². The zero-order valence-corrected chi connectivity index (χ0v) is 15.8. The van der Waals surface area contributed by atoms with Gasteiger partial charge in [0.25, 0.3) is 0 Å². The van der Waals surface area contributed by atoms with E-state index in [1.807, 2.05) is 25.1 Å². The van der Waals surface area contributed by atoms with Gasteiger partial charge < -0.3 is 14.2 Å². The highest BCUT2D eigenvalue weighted by molar-refractivity contribution is 6.31. The number of ether oxygens (including phenoxy) is 3. The molecule has 0 unspecified atom stereocenters. The van der Waals surface area contributed by atoms with E-state index in [1.54, 1.807) is 26.2 Å². The Morgan fingerprint density at radius 1 is 1.12 bits per heavy atom. The lowest BCUT2D eigenvalue weighted by Crippen LogP contribution is -2.09. The highest BCUT2D eigenvalue weighted by Crippen LogP contribution is 2.32. The van der Waals surface area contributed by atoms with Crippen molar-refractivity contribution in [3.8, 4) is 17.2 Å². The molecule has 0 spiro atoms. The fourth-order valence-electron chi connectivity index (χ4n) is 2.47. The van der Waals surface area contributed by atoms with Crippen LogP contribution in [0.5, 0.6) is 17.2 Å². The van der Waals surface area contributed by atoms with Crippen molar-refractivity contribution in [1.29, 1.82) is 0 Å². The third-order valence-corrected chi connectivity index (χ3v) is 4.27. The molecule has 134 valence electrons. The lowest BCUT2D eigenvalue weighted by atomic mass is 10.1. The fraction of sp³-hybridized carbons (Fsp3) is 0.350. The van der Waals surface area contributed by atoms with Crippen LogP contribution in [0.15, 0.2) is 30.3 Å². The second-order valence-corrected chi connectivity index (χ2v) is 6.02. The normalized spacial score (nSPS) is 10.4. The summed E-state index contributed by atoms with van der Waals surface area (Å²) in [5.74, 6) is 1.44. The first-order valence-electron chi connectivity index (χ1n) is 8.28. The summed E-state index contributed by atoms with van der Waals surface area (Å²) in [6.07, 6.45) is 1.16. The zero-order chi connectivity index (χ0) is 18.4. The SMILES string of the molecule is CCC(=O)Oc1cccc(OC)c1COc1cc(Cl)c(CC)cc1C. The van der Waals surface area contributed by atoms with E-state index in [4.69, 9.17) is 25.8 Å². The standard InChI is InChI=1S/C20H23ClO4/c1-5-14-10-13(3)19(11-16(14)21)24-12-15-17(23-4)8-7-9-18(15)25-20(22)6-2/h7-11H,5-6,12H2,1-4H3. The Kier molecular flexibility index (Phi) is 6.71. The van der Waals surface area contributed by atoms with Crippen molar-refractivity contribution in [3.05, 3.63) is 52.0 Å². The Morgan fingerprint density at radius 2 is 1.84 bits per heavy atom. The molecule has 0 amide bonds. The fourth-order valence-corrected chi connectivity index (χ4v) is 2.76. The van der Waals surface area contributed by atoms with Crippen LogP contribution in [0.4, 0.5) is 0 Å². The van der Waals surface area contributed by atoms with Crippen LogP contribution in [0, 0.1) is 6.92 Å². The lowest BCUT2D eigenvalue weighted by Gasteiger charge is -2.16. The summed E-state index contributed by atoms with van der Waals surface area (Å²) in [4.78, 5) is 11.7. The van der Waals surface area contributed by atoms with Gasteiger partial charge in [-0.2, -0.15) is 0 Å². The lowest BCUT2D eigenvalue weighted by molar-refractivity contribution is -0.134. The summed E-state index contributed by atoms with van der Waals surface area (Å²) in [5, 5.41) is 0.681. The third-order valence-electron chi connectivity index (χ3n) is 3.92. The van der Waals surface area contributed by atoms with Crippen molar-refractivity contribution in [2.24, 2.45) is 0 Å². The molecular weight excluding hydrogens is 340 g/mol. The van der Waals surface area contributed by atoms with Gasteiger partial charge in [-0.05, 0) is 42.7 Å². The molecule has 0 heterocycles. The van der Waals surface area contributed by atoms with Gasteiger partial charge in [0.15, 0.2) is 0 Å². The number of carbonyl (C=O) groups is 1. The number of benzene rings is 2. The third kappa shape index (κ3) is 4.67. The highest BCUT2D eigenvalue weighted by atomic mass is 35.5. The van der Waals surface area contributed by atoms with E-state index in [0.29, 0.717) is 34.3 Å². The van der Waals surface area contributed by atoms with Crippen LogP contribution < -0.4 is 14.2 Å². The molecule has 0 aliphatic heterocycles. The first-order valence-corrected chi connectivity index (χ1v) is 8.66. The molecule has 0 aromatic heterocycles. The van der Waals surface area contributed by atoms with Crippen LogP contribution in [-0.2, 0) is 17.8 Å². The molecule has 0 atom stereocenters. The summed E-state index contributed by atoms with van der Waals surface area (Å²) in [5.41, 5.74) is 2.77. The van der Waals surface area contributed by atoms with Gasteiger partial charge >= 0.3 is 5.97 Å². The van der Waals surface area contributed by atoms with Crippen LogP contribution in [0.25, 0.3) is 0 Å². The van der Waals surface area contributed by atoms with Gasteiger partial charge in [0.2, 0.25) is 0 Å². The molecule has 0 saturated carbocycles. The average Bonchev–Trinajstić information content (AvgIpc) is 2.62. The summed E-state index contributed by atoms with van der Waals surface area (Å²) >= 11 is 6.29. The van der Waals surface area contributed by atoms with Crippen LogP contribution in [-0.4, -0.2) is 13.1 Å². The van der Waals surface area contributed by atoms with Crippen molar-refractivity contribution in [3.63, 3.8) is 0 Å². The van der Waals surface area contributed by atoms with E-state index in [9.17, 15) is 4.79 Å². The predicted octanol–water partition coefficient (Wildman–Crippen LogP) is 5.11. The predicted molar refractivity (Wildman–Crippen MR) is 98.8 cm³/mol. The summed E-state index contributed by atoms with van der Waals surface area (Å²) in [6, 6.07) is 9.16. The van der Waals surface area contributed by atoms with Gasteiger partial charge in [0.1, 0.15) is 23.9 Å². The summed E-state index contributed by atoms with van der Waals surface area (Å²) in [6.45, 7) is 5.99. The first-order chi connectivity index (χ1) is 12.0. The number of aryl methyl sites for hydroxylation is 2. The monoisotopic (exact) mass is 362 g/mol. The van der Waals surface area contributed by atoms with Crippen molar-refractivity contribution < 1.29 is 19.0 Å². The van der Waals surface area contributed by atoms with E-state index in [-0.39, 0.29) is 12.6 Å². The maximum atomic E-state index is 11.7. The Hall–Kier alpha value is -2.20. The molecule has 2 aromatic rings. The number of carbonyl (C=O) groups excluding carboxylic acids is 1. The van der Waals surface area contributed by atoms with Crippen molar-refractivity contribution in [1.82, 2.24) is 0 Å². The molecule has 25 heavy (non-hydrogen) atoms. The maximum absolute atomic E-state index is 11.7. The van der Waals surface area contributed by atoms with Crippen molar-refractivity contribution in [2.75, 3.05) is 7.11 Å². The molecule has 5 heteroatoms. The number of hydrogen-bond donors (Lipinski definition) is 0. The van der Waals surface area contributed by atoms with Gasteiger partial charge in [-0.25, -0.2) is 0 Å². The molecule has 0 fully saturated rings. The Labute approximate surface area is 153 Å². The van der Waals surface area contributed by atoms with E-state index in [2.05, 4.69) is 6.92 Å². The molecule has 0 saturated heterocycles. The largest absolute Gasteiger partial charge is 0.496 e. The molecular formula is C20H23ClO4. The molecule has 2 aromatic carbocycles. The van der Waals surface area contributed by atoms with Crippen molar-refractivity contribution in [2.45, 2.75) is 40.2 Å². The Morgan fingerprint density at radius 3 is 2.48 bits per heavy atom. The van der Waals surface area contributed by atoms with E-state index in [1.165, 1.54) is 0 Å². The van der Waals surface area contributed by atoms with E-state index >= 15 is 0 Å². The van der Waals surface area contributed by atoms with Gasteiger partial charge in [-0.1, -0.05) is 37.6 Å². The highest BCUT2D eigenvalue weighted by Gasteiger charge is 2.15. The minimum absolute atomic E-state index is 0.207. The molecule has 0 aliphatic carbocycles. The quantitative estimate of drug-likeness (QED) is 0.507. The van der Waals surface area contributed by atoms with Gasteiger partial charge in [-0.15, -0.1) is 0 Å². The number of esters is 1. The van der Waals surface area contributed by atoms with Crippen LogP contribution in [0.3, 0.4) is 0 Å². The number of hydrogen-bond acceptors (Lipinski definition) is 4. The van der Waals surface area contributed by atoms with Gasteiger partial charge in [0.05, 0.1) is 12.7 Å². The number of halogens is 1. The van der Waals surface area contributed by atoms with Gasteiger partial charge in [0, 0.05) is 11.4 Å². The smallest absolute Gasteiger partial charge is 0.310 e. The Balaban J connectivity index is 2.28. The van der Waals surface area contributed by atoms with Crippen LogP contribution in [0.1, 0.15) is 37.0 Å². The molecule has 2 rings (SSSR count). The first kappa shape index (κ1) is 19.1. The molecule has 0 aliphatic rings. The minimum atomic E-state index is -0.305. The number of rotatable bonds is 7. The second kappa shape index (κ2) is 8.77. The molecule has 0 radical (unpaired) electrons. The minimum Gasteiger partial charge on any atom is -0.496 e. The maximum Gasteiger partial charge on any atom is 0.310 e. The van der Waals surface area contributed by atoms with Crippen LogP contribution >= 0.6 is 11.6 Å². The second-order valence-electron chi connectivity index (χ2n) is 5.62. The molecule has 0 N–H and O–H groups in total. The average molecular weight is 363 g/mol. The zero-order valence-electron chi connectivity index (χ0n) is 15.0. The number of methoxy groups -OCH3 is 1. The van der Waals surface area contributed by atoms with E-state index in [0.717, 1.165) is 17.5 Å². The molecule has 0 bridgehead atoms. The van der Waals surface area contributed by atoms with E-state index < -0.39 is 0 Å². The summed E-state index contributed by atoms with van der Waals surface area (Å²) < 4.78 is 16.7. The van der Waals surface area contributed by atoms with Crippen LogP contribution in [0.2, 0.25) is 5.02 Å². The molecule has 4 nitrogen and oxygen atoms in total.